The summed E-state index contributed by atoms with van der Waals surface area (Å²) in [6, 6.07) is 0.678. The van der Waals surface area contributed by atoms with E-state index in [1.807, 2.05) is 20.8 Å². The average Bonchev–Trinajstić information content (AvgIpc) is 2.59. The maximum absolute atomic E-state index is 11.7. The topological polar surface area (TPSA) is 84.5 Å². The molecule has 25 heavy (non-hydrogen) atoms. The van der Waals surface area contributed by atoms with Gasteiger partial charge in [-0.05, 0) is 27.2 Å². The second-order valence-electron chi connectivity index (χ2n) is 5.09. The summed E-state index contributed by atoms with van der Waals surface area (Å²) in [5.41, 5.74) is 0. The lowest BCUT2D eigenvalue weighted by Gasteiger charge is -2.28. The van der Waals surface area contributed by atoms with Crippen LogP contribution in [0.15, 0.2) is 0 Å². The molecule has 0 unspecified atom stereocenters. The van der Waals surface area contributed by atoms with Gasteiger partial charge >= 0.3 is 8.80 Å². The van der Waals surface area contributed by atoms with Crippen molar-refractivity contribution >= 4 is 14.7 Å². The fourth-order valence-corrected chi connectivity index (χ4v) is 4.72. The van der Waals surface area contributed by atoms with Crippen molar-refractivity contribution in [3.63, 3.8) is 0 Å². The van der Waals surface area contributed by atoms with Crippen LogP contribution >= 0.6 is 0 Å². The van der Waals surface area contributed by atoms with Crippen LogP contribution in [0.5, 0.6) is 0 Å². The standard InChI is InChI=1S/C16H35NO7Si/c1-5-22-25(23-6-2,24-7-3)14-8-9-17-16(18)15-21-13-12-20-11-10-19-4/h5-15H2,1-4H3,(H,17,18). The maximum Gasteiger partial charge on any atom is 0.500 e. The lowest BCUT2D eigenvalue weighted by Crippen LogP contribution is -2.46. The lowest BCUT2D eigenvalue weighted by molar-refractivity contribution is -0.126. The Balaban J connectivity index is 3.83. The van der Waals surface area contributed by atoms with E-state index >= 15 is 0 Å². The zero-order valence-electron chi connectivity index (χ0n) is 16.1. The monoisotopic (exact) mass is 381 g/mol. The summed E-state index contributed by atoms with van der Waals surface area (Å²) in [5, 5.41) is 2.82. The molecule has 150 valence electrons. The van der Waals surface area contributed by atoms with Gasteiger partial charge in [-0.15, -0.1) is 0 Å². The highest BCUT2D eigenvalue weighted by atomic mass is 28.4. The van der Waals surface area contributed by atoms with Gasteiger partial charge in [-0.25, -0.2) is 0 Å². The lowest BCUT2D eigenvalue weighted by atomic mass is 10.4. The van der Waals surface area contributed by atoms with Gasteiger partial charge in [0.05, 0.1) is 26.4 Å². The summed E-state index contributed by atoms with van der Waals surface area (Å²) < 4.78 is 32.7. The Morgan fingerprint density at radius 2 is 1.44 bits per heavy atom. The minimum atomic E-state index is -2.62. The number of carbonyl (C=O) groups is 1. The van der Waals surface area contributed by atoms with Crippen LogP contribution in [0.3, 0.4) is 0 Å². The molecule has 0 aliphatic carbocycles. The molecule has 0 aliphatic rings. The van der Waals surface area contributed by atoms with E-state index in [4.69, 9.17) is 27.5 Å². The molecule has 0 bridgehead atoms. The van der Waals surface area contributed by atoms with E-state index in [1.54, 1.807) is 7.11 Å². The van der Waals surface area contributed by atoms with Crippen LogP contribution in [0.25, 0.3) is 0 Å². The molecule has 0 aromatic heterocycles. The predicted molar refractivity (Wildman–Crippen MR) is 96.6 cm³/mol. The van der Waals surface area contributed by atoms with E-state index < -0.39 is 8.80 Å². The minimum Gasteiger partial charge on any atom is -0.382 e. The van der Waals surface area contributed by atoms with Gasteiger partial charge in [0, 0.05) is 39.5 Å². The van der Waals surface area contributed by atoms with Crippen molar-refractivity contribution in [3.8, 4) is 0 Å². The Bertz CT molecular complexity index is 304. The molecular formula is C16H35NO7Si. The average molecular weight is 382 g/mol. The number of methoxy groups -OCH3 is 1. The summed E-state index contributed by atoms with van der Waals surface area (Å²) in [6.07, 6.45) is 0.734. The number of ether oxygens (including phenoxy) is 3. The van der Waals surface area contributed by atoms with Crippen LogP contribution in [0.2, 0.25) is 6.04 Å². The fourth-order valence-electron chi connectivity index (χ4n) is 2.11. The van der Waals surface area contributed by atoms with Gasteiger partial charge in [0.25, 0.3) is 0 Å². The third kappa shape index (κ3) is 13.3. The van der Waals surface area contributed by atoms with E-state index in [9.17, 15) is 4.79 Å². The second kappa shape index (κ2) is 16.9. The normalized spacial score (nSPS) is 11.7. The molecule has 0 rings (SSSR count). The van der Waals surface area contributed by atoms with Crippen molar-refractivity contribution in [2.75, 3.05) is 66.5 Å². The highest BCUT2D eigenvalue weighted by molar-refractivity contribution is 6.60. The first-order chi connectivity index (χ1) is 12.1. The highest BCUT2D eigenvalue weighted by Gasteiger charge is 2.39. The van der Waals surface area contributed by atoms with Gasteiger partial charge in [-0.2, -0.15) is 0 Å². The Hall–Kier alpha value is -0.553. The second-order valence-corrected chi connectivity index (χ2v) is 7.83. The fraction of sp³-hybridized carbons (Fsp3) is 0.938. The summed E-state index contributed by atoms with van der Waals surface area (Å²) >= 11 is 0. The van der Waals surface area contributed by atoms with E-state index in [1.165, 1.54) is 0 Å². The van der Waals surface area contributed by atoms with Crippen LogP contribution < -0.4 is 5.32 Å². The van der Waals surface area contributed by atoms with E-state index in [-0.39, 0.29) is 12.5 Å². The van der Waals surface area contributed by atoms with Crippen LogP contribution in [0, 0.1) is 0 Å². The summed E-state index contributed by atoms with van der Waals surface area (Å²) in [5.74, 6) is -0.145. The maximum atomic E-state index is 11.7. The molecule has 1 N–H and O–H groups in total. The molecule has 0 atom stereocenters. The van der Waals surface area contributed by atoms with Crippen LogP contribution in [-0.2, 0) is 32.3 Å². The van der Waals surface area contributed by atoms with Crippen molar-refractivity contribution in [2.24, 2.45) is 0 Å². The van der Waals surface area contributed by atoms with Gasteiger partial charge in [0.15, 0.2) is 0 Å². The van der Waals surface area contributed by atoms with Crippen LogP contribution in [0.1, 0.15) is 27.2 Å². The molecule has 0 heterocycles. The highest BCUT2D eigenvalue weighted by Crippen LogP contribution is 2.17. The van der Waals surface area contributed by atoms with E-state index in [2.05, 4.69) is 5.32 Å². The number of amides is 1. The van der Waals surface area contributed by atoms with Crippen molar-refractivity contribution in [2.45, 2.75) is 33.2 Å². The smallest absolute Gasteiger partial charge is 0.382 e. The van der Waals surface area contributed by atoms with Crippen LogP contribution in [0.4, 0.5) is 0 Å². The summed E-state index contributed by atoms with van der Waals surface area (Å²) in [4.78, 5) is 11.7. The largest absolute Gasteiger partial charge is 0.500 e. The number of hydrogen-bond donors (Lipinski definition) is 1. The van der Waals surface area contributed by atoms with Gasteiger partial charge in [0.2, 0.25) is 5.91 Å². The third-order valence-corrected chi connectivity index (χ3v) is 6.26. The number of hydrogen-bond acceptors (Lipinski definition) is 7. The summed E-state index contributed by atoms with van der Waals surface area (Å²) in [6.45, 7) is 9.92. The van der Waals surface area contributed by atoms with Gasteiger partial charge in [-0.1, -0.05) is 0 Å². The summed E-state index contributed by atoms with van der Waals surface area (Å²) in [7, 11) is -1.01. The van der Waals surface area contributed by atoms with E-state index in [0.717, 1.165) is 6.42 Å². The SMILES string of the molecule is CCO[Si](CCCNC(=O)COCCOCCOC)(OCC)OCC. The Morgan fingerprint density at radius 3 is 2.00 bits per heavy atom. The molecule has 0 spiro atoms. The zero-order valence-corrected chi connectivity index (χ0v) is 17.1. The predicted octanol–water partition coefficient (Wildman–Crippen LogP) is 1.22. The molecule has 0 fully saturated rings. The molecule has 8 nitrogen and oxygen atoms in total. The quantitative estimate of drug-likeness (QED) is 0.282. The number of rotatable bonds is 18. The molecule has 0 saturated carbocycles. The molecule has 0 saturated heterocycles. The molecular weight excluding hydrogens is 346 g/mol. The molecule has 0 radical (unpaired) electrons. The van der Waals surface area contributed by atoms with Gasteiger partial charge < -0.3 is 32.8 Å². The molecule has 9 heteroatoms. The first-order valence-electron chi connectivity index (χ1n) is 8.97. The van der Waals surface area contributed by atoms with Crippen LogP contribution in [-0.4, -0.2) is 81.2 Å². The number of carbonyl (C=O) groups excluding carboxylic acids is 1. The van der Waals surface area contributed by atoms with Crippen molar-refractivity contribution < 1.29 is 32.3 Å². The molecule has 1 amide bonds. The first kappa shape index (κ1) is 24.4. The molecule has 0 aliphatic heterocycles. The van der Waals surface area contributed by atoms with Crippen molar-refractivity contribution in [1.29, 1.82) is 0 Å². The third-order valence-electron chi connectivity index (χ3n) is 3.11. The van der Waals surface area contributed by atoms with E-state index in [0.29, 0.717) is 58.8 Å². The Kier molecular flexibility index (Phi) is 16.5. The van der Waals surface area contributed by atoms with Crippen molar-refractivity contribution in [3.05, 3.63) is 0 Å². The van der Waals surface area contributed by atoms with Gasteiger partial charge in [-0.3, -0.25) is 4.79 Å². The molecule has 0 aromatic rings. The van der Waals surface area contributed by atoms with Gasteiger partial charge in [0.1, 0.15) is 6.61 Å². The zero-order chi connectivity index (χ0) is 18.8. The Morgan fingerprint density at radius 1 is 0.880 bits per heavy atom. The minimum absolute atomic E-state index is 0.0264. The molecule has 0 aromatic carbocycles. The number of nitrogens with one attached hydrogen (secondary N) is 1. The first-order valence-corrected chi connectivity index (χ1v) is 10.9. The van der Waals surface area contributed by atoms with Crippen molar-refractivity contribution in [1.82, 2.24) is 5.32 Å². The Labute approximate surface area is 152 Å².